The molecule has 1 saturated heterocycles. The Kier molecular flexibility index (Phi) is 38.8. The first-order chi connectivity index (χ1) is 19.9. The third-order valence-corrected chi connectivity index (χ3v) is 8.49. The van der Waals surface area contributed by atoms with Crippen LogP contribution in [-0.2, 0) is 9.47 Å². The van der Waals surface area contributed by atoms with Gasteiger partial charge in [0, 0.05) is 13.2 Å². The van der Waals surface area contributed by atoms with Crippen molar-refractivity contribution in [2.45, 2.75) is 219 Å². The molecule has 0 spiro atoms. The van der Waals surface area contributed by atoms with E-state index in [4.69, 9.17) is 4.74 Å². The smallest absolute Gasteiger partial charge is 0.0701 e. The molecule has 0 aliphatic carbocycles. The summed E-state index contributed by atoms with van der Waals surface area (Å²) in [5.41, 5.74) is 0. The molecule has 0 aromatic carbocycles. The molecule has 1 rings (SSSR count). The van der Waals surface area contributed by atoms with Crippen molar-refractivity contribution in [3.05, 3.63) is 0 Å². The minimum absolute atomic E-state index is 0.997. The molecule has 2 nitrogen and oxygen atoms in total. The topological polar surface area (TPSA) is 21.8 Å². The van der Waals surface area contributed by atoms with E-state index in [1.54, 1.807) is 0 Å². The first-order valence-corrected chi connectivity index (χ1v) is 19.1. The van der Waals surface area contributed by atoms with Crippen molar-refractivity contribution in [3.8, 4) is 0 Å². The van der Waals surface area contributed by atoms with Gasteiger partial charge in [-0.2, -0.15) is 0 Å². The van der Waals surface area contributed by atoms with Crippen molar-refractivity contribution in [2.24, 2.45) is 0 Å². The lowest BCUT2D eigenvalue weighted by Crippen LogP contribution is -1.97. The van der Waals surface area contributed by atoms with Crippen molar-refractivity contribution < 1.29 is 9.47 Å². The van der Waals surface area contributed by atoms with Crippen LogP contribution in [-0.4, -0.2) is 26.4 Å². The van der Waals surface area contributed by atoms with Crippen LogP contribution in [0.3, 0.4) is 0 Å². The molecular weight excluding hydrogens is 488 g/mol. The maximum absolute atomic E-state index is 5.87. The summed E-state index contributed by atoms with van der Waals surface area (Å²) < 4.78 is 10.4. The predicted octanol–water partition coefficient (Wildman–Crippen LogP) is 13.5. The number of hydrogen-bond acceptors (Lipinski definition) is 2. The van der Waals surface area contributed by atoms with E-state index in [-0.39, 0.29) is 0 Å². The Morgan fingerprint density at radius 2 is 0.475 bits per heavy atom. The average molecular weight is 567 g/mol. The Morgan fingerprint density at radius 3 is 0.650 bits per heavy atom. The molecular formula is C38H78O2. The monoisotopic (exact) mass is 567 g/mol. The minimum atomic E-state index is 0.997. The van der Waals surface area contributed by atoms with Gasteiger partial charge < -0.3 is 9.47 Å². The summed E-state index contributed by atoms with van der Waals surface area (Å²) >= 11 is 0. The fourth-order valence-electron chi connectivity index (χ4n) is 5.61. The molecule has 1 fully saturated rings. The molecule has 242 valence electrons. The highest BCUT2D eigenvalue weighted by Gasteiger charge is 1.97. The van der Waals surface area contributed by atoms with Crippen LogP contribution in [0.25, 0.3) is 0 Å². The fourth-order valence-corrected chi connectivity index (χ4v) is 5.61. The van der Waals surface area contributed by atoms with Crippen LogP contribution in [0.1, 0.15) is 219 Å². The van der Waals surface area contributed by atoms with Gasteiger partial charge in [-0.1, -0.05) is 206 Å². The summed E-state index contributed by atoms with van der Waals surface area (Å²) in [5, 5.41) is 0. The SMILES string of the molecule is C1CO1.CCCCCCCCCCCCCCCCCCOCCCCCCCCCCCCCCCCCC. The van der Waals surface area contributed by atoms with E-state index in [9.17, 15) is 0 Å². The first-order valence-electron chi connectivity index (χ1n) is 19.1. The van der Waals surface area contributed by atoms with Crippen molar-refractivity contribution in [3.63, 3.8) is 0 Å². The summed E-state index contributed by atoms with van der Waals surface area (Å²) in [6, 6.07) is 0. The van der Waals surface area contributed by atoms with Crippen molar-refractivity contribution >= 4 is 0 Å². The molecule has 0 saturated carbocycles. The van der Waals surface area contributed by atoms with Crippen LogP contribution < -0.4 is 0 Å². The van der Waals surface area contributed by atoms with Crippen LogP contribution in [0.15, 0.2) is 0 Å². The summed E-state index contributed by atoms with van der Waals surface area (Å²) in [5.74, 6) is 0. The highest BCUT2D eigenvalue weighted by atomic mass is 16.6. The van der Waals surface area contributed by atoms with Crippen molar-refractivity contribution in [1.29, 1.82) is 0 Å². The van der Waals surface area contributed by atoms with E-state index in [0.29, 0.717) is 0 Å². The molecule has 0 amide bonds. The van der Waals surface area contributed by atoms with E-state index < -0.39 is 0 Å². The van der Waals surface area contributed by atoms with Gasteiger partial charge in [0.05, 0.1) is 13.2 Å². The molecule has 0 radical (unpaired) electrons. The molecule has 0 bridgehead atoms. The Labute approximate surface area is 254 Å². The van der Waals surface area contributed by atoms with Gasteiger partial charge in [-0.15, -0.1) is 0 Å². The van der Waals surface area contributed by atoms with Gasteiger partial charge in [0.15, 0.2) is 0 Å². The highest BCUT2D eigenvalue weighted by Crippen LogP contribution is 2.15. The zero-order valence-corrected chi connectivity index (χ0v) is 28.3. The van der Waals surface area contributed by atoms with Crippen molar-refractivity contribution in [1.82, 2.24) is 0 Å². The van der Waals surface area contributed by atoms with Gasteiger partial charge in [0.1, 0.15) is 0 Å². The maximum atomic E-state index is 5.87. The minimum Gasteiger partial charge on any atom is -0.381 e. The summed E-state index contributed by atoms with van der Waals surface area (Å²) in [6.45, 7) is 8.60. The number of epoxide rings is 1. The van der Waals surface area contributed by atoms with E-state index in [2.05, 4.69) is 18.6 Å². The largest absolute Gasteiger partial charge is 0.381 e. The van der Waals surface area contributed by atoms with Gasteiger partial charge in [-0.05, 0) is 12.8 Å². The van der Waals surface area contributed by atoms with Crippen LogP contribution in [0.4, 0.5) is 0 Å². The number of ether oxygens (including phenoxy) is 2. The van der Waals surface area contributed by atoms with Gasteiger partial charge in [0.2, 0.25) is 0 Å². The molecule has 0 atom stereocenters. The average Bonchev–Trinajstić information content (AvgIpc) is 3.86. The van der Waals surface area contributed by atoms with Gasteiger partial charge in [-0.3, -0.25) is 0 Å². The lowest BCUT2D eigenvalue weighted by molar-refractivity contribution is 0.125. The molecule has 40 heavy (non-hydrogen) atoms. The van der Waals surface area contributed by atoms with Gasteiger partial charge in [-0.25, -0.2) is 0 Å². The van der Waals surface area contributed by atoms with E-state index in [1.165, 1.54) is 205 Å². The van der Waals surface area contributed by atoms with Crippen LogP contribution in [0.2, 0.25) is 0 Å². The Balaban J connectivity index is 0.00000471. The highest BCUT2D eigenvalue weighted by molar-refractivity contribution is 4.52. The lowest BCUT2D eigenvalue weighted by Gasteiger charge is -2.06. The summed E-state index contributed by atoms with van der Waals surface area (Å²) in [4.78, 5) is 0. The predicted molar refractivity (Wildman–Crippen MR) is 181 cm³/mol. The van der Waals surface area contributed by atoms with Gasteiger partial charge >= 0.3 is 0 Å². The molecule has 1 heterocycles. The zero-order chi connectivity index (χ0) is 28.9. The van der Waals surface area contributed by atoms with E-state index >= 15 is 0 Å². The standard InChI is InChI=1S/C36H74O.C2H4O/c1-3-5-7-9-11-13-15-17-19-21-23-25-27-29-31-33-35-37-36-34-32-30-28-26-24-22-20-18-16-14-12-10-8-6-4-2;1-2-3-1/h3-36H2,1-2H3;1-2H2. The van der Waals surface area contributed by atoms with Crippen LogP contribution in [0.5, 0.6) is 0 Å². The molecule has 0 unspecified atom stereocenters. The van der Waals surface area contributed by atoms with Crippen LogP contribution >= 0.6 is 0 Å². The second-order valence-corrected chi connectivity index (χ2v) is 12.8. The zero-order valence-electron chi connectivity index (χ0n) is 28.3. The third-order valence-electron chi connectivity index (χ3n) is 8.49. The Bertz CT molecular complexity index is 372. The molecule has 1 aliphatic heterocycles. The first kappa shape index (κ1) is 39.9. The Morgan fingerprint density at radius 1 is 0.300 bits per heavy atom. The lowest BCUT2D eigenvalue weighted by atomic mass is 10.0. The number of unbranched alkanes of at least 4 members (excludes halogenated alkanes) is 30. The Hall–Kier alpha value is -0.0800. The van der Waals surface area contributed by atoms with E-state index in [1.807, 2.05) is 0 Å². The third kappa shape index (κ3) is 42.4. The second-order valence-electron chi connectivity index (χ2n) is 12.8. The molecule has 0 aromatic heterocycles. The maximum Gasteiger partial charge on any atom is 0.0701 e. The second kappa shape index (κ2) is 38.9. The molecule has 0 N–H and O–H groups in total. The van der Waals surface area contributed by atoms with Crippen molar-refractivity contribution in [2.75, 3.05) is 26.4 Å². The number of rotatable bonds is 34. The quantitative estimate of drug-likeness (QED) is 0.0570. The summed E-state index contributed by atoms with van der Waals surface area (Å²) in [7, 11) is 0. The molecule has 0 aromatic rings. The van der Waals surface area contributed by atoms with Gasteiger partial charge in [0.25, 0.3) is 0 Å². The summed E-state index contributed by atoms with van der Waals surface area (Å²) in [6.07, 6.45) is 46.0. The normalized spacial score (nSPS) is 12.4. The molecule has 1 aliphatic rings. The van der Waals surface area contributed by atoms with Crippen LogP contribution in [0, 0.1) is 0 Å². The van der Waals surface area contributed by atoms with E-state index in [0.717, 1.165) is 26.4 Å². The molecule has 2 heteroatoms. The number of hydrogen-bond donors (Lipinski definition) is 0. The fraction of sp³-hybridized carbons (Fsp3) is 1.00.